The molecule has 0 amide bonds. The summed E-state index contributed by atoms with van der Waals surface area (Å²) in [6, 6.07) is 0. The van der Waals surface area contributed by atoms with Gasteiger partial charge in [0.05, 0.1) is 25.9 Å². The van der Waals surface area contributed by atoms with Gasteiger partial charge in [0.25, 0.3) is 0 Å². The van der Waals surface area contributed by atoms with E-state index in [1.165, 1.54) is 0 Å². The minimum Gasteiger partial charge on any atom is -0.394 e. The fourth-order valence-corrected chi connectivity index (χ4v) is 1.76. The maximum atomic E-state index is 9.63. The van der Waals surface area contributed by atoms with Crippen LogP contribution in [0.4, 0.5) is 0 Å². The fourth-order valence-electron chi connectivity index (χ4n) is 1.76. The molecule has 2 rings (SSSR count). The smallest absolute Gasteiger partial charge is 0.186 e. The van der Waals surface area contributed by atoms with Crippen LogP contribution in [-0.2, 0) is 14.2 Å². The van der Waals surface area contributed by atoms with Crippen molar-refractivity contribution in [2.45, 2.75) is 43.2 Å². The molecule has 0 unspecified atom stereocenters. The number of rotatable bonds is 5. The van der Waals surface area contributed by atoms with Crippen molar-refractivity contribution >= 4 is 0 Å². The third kappa shape index (κ3) is 3.14. The quantitative estimate of drug-likeness (QED) is 0.402. The number of aliphatic hydroxyl groups is 4. The highest BCUT2D eigenvalue weighted by molar-refractivity contribution is 4.88. The zero-order valence-electron chi connectivity index (χ0n) is 9.31. The summed E-state index contributed by atoms with van der Waals surface area (Å²) in [6.45, 7) is 0.599. The second-order valence-electron chi connectivity index (χ2n) is 4.31. The van der Waals surface area contributed by atoms with Gasteiger partial charge in [-0.3, -0.25) is 0 Å². The fraction of sp³-hybridized carbons (Fsp3) is 1.00. The van der Waals surface area contributed by atoms with Crippen LogP contribution in [0.3, 0.4) is 0 Å². The highest BCUT2D eigenvalue weighted by Gasteiger charge is 2.44. The topological polar surface area (TPSA) is 112 Å². The van der Waals surface area contributed by atoms with Crippen LogP contribution in [0.15, 0.2) is 0 Å². The average Bonchev–Trinajstić information content (AvgIpc) is 3.13. The molecule has 0 saturated carbocycles. The lowest BCUT2D eigenvalue weighted by molar-refractivity contribution is -0.301. The monoisotopic (exact) mass is 250 g/mol. The van der Waals surface area contributed by atoms with Gasteiger partial charge >= 0.3 is 0 Å². The van der Waals surface area contributed by atoms with Gasteiger partial charge in [-0.15, -0.1) is 0 Å². The SMILES string of the molecule is OC[C@@H]1O[C@H](OCC[C@@H]2CO2)[C@@H](O)[C@H](O)[C@H]1O. The highest BCUT2D eigenvalue weighted by Crippen LogP contribution is 2.22. The first-order valence-corrected chi connectivity index (χ1v) is 5.67. The Morgan fingerprint density at radius 1 is 1.12 bits per heavy atom. The van der Waals surface area contributed by atoms with E-state index in [0.29, 0.717) is 13.0 Å². The molecule has 7 nitrogen and oxygen atoms in total. The summed E-state index contributed by atoms with van der Waals surface area (Å²) in [5.41, 5.74) is 0. The van der Waals surface area contributed by atoms with Crippen LogP contribution in [-0.4, -0.2) is 77.1 Å². The molecule has 2 saturated heterocycles. The van der Waals surface area contributed by atoms with Gasteiger partial charge in [0.15, 0.2) is 6.29 Å². The maximum Gasteiger partial charge on any atom is 0.186 e. The molecule has 7 heteroatoms. The van der Waals surface area contributed by atoms with Crippen molar-refractivity contribution in [3.8, 4) is 0 Å². The zero-order chi connectivity index (χ0) is 12.4. The van der Waals surface area contributed by atoms with Crippen LogP contribution in [0, 0.1) is 0 Å². The molecule has 100 valence electrons. The minimum atomic E-state index is -1.39. The molecule has 2 fully saturated rings. The van der Waals surface area contributed by atoms with Crippen LogP contribution >= 0.6 is 0 Å². The van der Waals surface area contributed by atoms with Gasteiger partial charge < -0.3 is 34.6 Å². The van der Waals surface area contributed by atoms with Gasteiger partial charge in [0.2, 0.25) is 0 Å². The third-order valence-electron chi connectivity index (χ3n) is 2.97. The van der Waals surface area contributed by atoms with Gasteiger partial charge in [-0.25, -0.2) is 0 Å². The first-order chi connectivity index (χ1) is 8.13. The van der Waals surface area contributed by atoms with Crippen molar-refractivity contribution in [1.82, 2.24) is 0 Å². The van der Waals surface area contributed by atoms with E-state index in [9.17, 15) is 15.3 Å². The molecule has 0 spiro atoms. The van der Waals surface area contributed by atoms with Gasteiger partial charge in [0.1, 0.15) is 24.4 Å². The van der Waals surface area contributed by atoms with E-state index in [1.54, 1.807) is 0 Å². The van der Waals surface area contributed by atoms with Gasteiger partial charge in [-0.05, 0) is 6.42 Å². The van der Waals surface area contributed by atoms with E-state index in [1.807, 2.05) is 0 Å². The Morgan fingerprint density at radius 3 is 2.41 bits per heavy atom. The Labute approximate surface area is 98.5 Å². The standard InChI is InChI=1S/C10H18O7/c11-3-6-7(12)8(13)9(14)10(17-6)15-2-1-5-4-16-5/h5-14H,1-4H2/t5-,6+,7+,8-,9+,10+/m1/s1. The predicted molar refractivity (Wildman–Crippen MR) is 54.1 cm³/mol. The lowest BCUT2D eigenvalue weighted by Gasteiger charge is -2.39. The van der Waals surface area contributed by atoms with Crippen molar-refractivity contribution in [3.63, 3.8) is 0 Å². The Hall–Kier alpha value is -0.280. The molecule has 0 bridgehead atoms. The van der Waals surface area contributed by atoms with Crippen molar-refractivity contribution in [1.29, 1.82) is 0 Å². The average molecular weight is 250 g/mol. The highest BCUT2D eigenvalue weighted by atomic mass is 16.7. The van der Waals surface area contributed by atoms with Crippen molar-refractivity contribution in [3.05, 3.63) is 0 Å². The molecule has 0 aromatic carbocycles. The van der Waals surface area contributed by atoms with E-state index in [2.05, 4.69) is 0 Å². The summed E-state index contributed by atoms with van der Waals surface area (Å²) in [5.74, 6) is 0. The predicted octanol–water partition coefficient (Wildman–Crippen LogP) is -2.41. The summed E-state index contributed by atoms with van der Waals surface area (Å²) >= 11 is 0. The molecule has 0 aromatic rings. The first-order valence-electron chi connectivity index (χ1n) is 5.67. The Morgan fingerprint density at radius 2 is 1.82 bits per heavy atom. The molecule has 6 atom stereocenters. The Balaban J connectivity index is 1.81. The molecule has 0 aromatic heterocycles. The van der Waals surface area contributed by atoms with E-state index in [0.717, 1.165) is 6.61 Å². The lowest BCUT2D eigenvalue weighted by atomic mass is 9.99. The number of aliphatic hydroxyl groups excluding tert-OH is 4. The minimum absolute atomic E-state index is 0.208. The lowest BCUT2D eigenvalue weighted by Crippen LogP contribution is -2.59. The van der Waals surface area contributed by atoms with Crippen LogP contribution in [0.5, 0.6) is 0 Å². The van der Waals surface area contributed by atoms with Crippen LogP contribution in [0.1, 0.15) is 6.42 Å². The maximum absolute atomic E-state index is 9.63. The normalized spacial score (nSPS) is 45.9. The molecule has 17 heavy (non-hydrogen) atoms. The van der Waals surface area contributed by atoms with E-state index in [-0.39, 0.29) is 6.10 Å². The van der Waals surface area contributed by atoms with Crippen LogP contribution < -0.4 is 0 Å². The third-order valence-corrected chi connectivity index (χ3v) is 2.97. The number of epoxide rings is 1. The molecule has 4 N–H and O–H groups in total. The van der Waals surface area contributed by atoms with Gasteiger partial charge in [-0.2, -0.15) is 0 Å². The number of hydrogen-bond donors (Lipinski definition) is 4. The first kappa shape index (κ1) is 13.2. The van der Waals surface area contributed by atoms with E-state index in [4.69, 9.17) is 19.3 Å². The molecule has 2 aliphatic heterocycles. The second kappa shape index (κ2) is 5.57. The Bertz CT molecular complexity index is 243. The second-order valence-corrected chi connectivity index (χ2v) is 4.31. The molecule has 2 aliphatic rings. The summed E-state index contributed by atoms with van der Waals surface area (Å²) in [6.07, 6.45) is -5.12. The van der Waals surface area contributed by atoms with Crippen LogP contribution in [0.2, 0.25) is 0 Å². The number of hydrogen-bond acceptors (Lipinski definition) is 7. The summed E-state index contributed by atoms with van der Waals surface area (Å²) in [7, 11) is 0. The van der Waals surface area contributed by atoms with E-state index < -0.39 is 37.3 Å². The van der Waals surface area contributed by atoms with Crippen molar-refractivity contribution in [2.75, 3.05) is 19.8 Å². The van der Waals surface area contributed by atoms with E-state index >= 15 is 0 Å². The summed E-state index contributed by atoms with van der Waals surface area (Å²) in [5, 5.41) is 37.6. The molecular weight excluding hydrogens is 232 g/mol. The zero-order valence-corrected chi connectivity index (χ0v) is 9.31. The summed E-state index contributed by atoms with van der Waals surface area (Å²) in [4.78, 5) is 0. The van der Waals surface area contributed by atoms with Gasteiger partial charge in [-0.1, -0.05) is 0 Å². The Kier molecular flexibility index (Phi) is 4.31. The summed E-state index contributed by atoms with van der Waals surface area (Å²) < 4.78 is 15.4. The molecule has 0 radical (unpaired) electrons. The number of ether oxygens (including phenoxy) is 3. The van der Waals surface area contributed by atoms with Crippen molar-refractivity contribution in [2.24, 2.45) is 0 Å². The van der Waals surface area contributed by atoms with Crippen LogP contribution in [0.25, 0.3) is 0 Å². The van der Waals surface area contributed by atoms with Gasteiger partial charge in [0, 0.05) is 0 Å². The largest absolute Gasteiger partial charge is 0.394 e. The molecular formula is C10H18O7. The van der Waals surface area contributed by atoms with Crippen molar-refractivity contribution < 1.29 is 34.6 Å². The molecule has 2 heterocycles. The molecule has 0 aliphatic carbocycles.